The molecular formula is C17H25N5O3S. The predicted molar refractivity (Wildman–Crippen MR) is 99.7 cm³/mol. The molecule has 8 nitrogen and oxygen atoms in total. The van der Waals surface area contributed by atoms with Crippen molar-refractivity contribution in [3.05, 3.63) is 12.7 Å². The third kappa shape index (κ3) is 5.69. The van der Waals surface area contributed by atoms with Crippen LogP contribution in [0.25, 0.3) is 11.2 Å². The number of hydrogen-bond donors (Lipinski definition) is 2. The third-order valence-corrected chi connectivity index (χ3v) is 4.82. The first-order chi connectivity index (χ1) is 12.5. The van der Waals surface area contributed by atoms with Crippen LogP contribution in [0.1, 0.15) is 40.0 Å². The summed E-state index contributed by atoms with van der Waals surface area (Å²) in [7, 11) is 0. The number of nitrogens with one attached hydrogen (secondary N) is 2. The number of hydrogen-bond acceptors (Lipinski definition) is 7. The Hall–Kier alpha value is -2.16. The predicted octanol–water partition coefficient (Wildman–Crippen LogP) is 2.32. The molecule has 0 radical (unpaired) electrons. The minimum Gasteiger partial charge on any atom is -0.464 e. The quantitative estimate of drug-likeness (QED) is 0.282. The lowest BCUT2D eigenvalue weighted by molar-refractivity contribution is -0.148. The molecule has 2 N–H and O–H groups in total. The van der Waals surface area contributed by atoms with E-state index in [1.54, 1.807) is 25.0 Å². The molecule has 2 aromatic heterocycles. The van der Waals surface area contributed by atoms with E-state index in [-0.39, 0.29) is 17.8 Å². The lowest BCUT2D eigenvalue weighted by Gasteiger charge is -2.20. The van der Waals surface area contributed by atoms with Crippen LogP contribution in [-0.4, -0.2) is 50.2 Å². The Kier molecular flexibility index (Phi) is 7.83. The number of amides is 1. The molecular weight excluding hydrogens is 354 g/mol. The van der Waals surface area contributed by atoms with Gasteiger partial charge in [0.15, 0.2) is 5.65 Å². The summed E-state index contributed by atoms with van der Waals surface area (Å²) in [5.41, 5.74) is 1.49. The molecule has 0 unspecified atom stereocenters. The standard InChI is InChI=1S/C17H25N5O3S/c1-4-25-17(24)13(11(2)3)22-12(23)7-5-6-8-26-16-14-15(19-9-18-14)20-10-21-16/h9-11,13H,4-8H2,1-3H3,(H,22,23)(H,18,19,20,21)/t13-/m1/s1. The summed E-state index contributed by atoms with van der Waals surface area (Å²) in [6.45, 7) is 5.83. The molecule has 0 spiro atoms. The van der Waals surface area contributed by atoms with Crippen molar-refractivity contribution < 1.29 is 14.3 Å². The van der Waals surface area contributed by atoms with Gasteiger partial charge in [-0.05, 0) is 31.4 Å². The number of unbranched alkanes of at least 4 members (excludes halogenated alkanes) is 1. The van der Waals surface area contributed by atoms with E-state index in [0.717, 1.165) is 29.1 Å². The van der Waals surface area contributed by atoms with Crippen LogP contribution in [0.5, 0.6) is 0 Å². The van der Waals surface area contributed by atoms with Crippen LogP contribution in [0.4, 0.5) is 0 Å². The van der Waals surface area contributed by atoms with Crippen molar-refractivity contribution in [2.75, 3.05) is 12.4 Å². The molecule has 2 aromatic rings. The average molecular weight is 379 g/mol. The molecule has 0 aromatic carbocycles. The van der Waals surface area contributed by atoms with Gasteiger partial charge in [-0.2, -0.15) is 0 Å². The first-order valence-corrected chi connectivity index (χ1v) is 9.74. The number of aromatic nitrogens is 4. The number of esters is 1. The number of aromatic amines is 1. The Labute approximate surface area is 156 Å². The summed E-state index contributed by atoms with van der Waals surface area (Å²) >= 11 is 1.61. The van der Waals surface area contributed by atoms with Crippen molar-refractivity contribution in [3.8, 4) is 0 Å². The van der Waals surface area contributed by atoms with Crippen LogP contribution in [0, 0.1) is 5.92 Å². The highest BCUT2D eigenvalue weighted by Gasteiger charge is 2.25. The fraction of sp³-hybridized carbons (Fsp3) is 0.588. The molecule has 0 fully saturated rings. The third-order valence-electron chi connectivity index (χ3n) is 3.75. The summed E-state index contributed by atoms with van der Waals surface area (Å²) in [4.78, 5) is 39.4. The number of imidazole rings is 1. The number of ether oxygens (including phenoxy) is 1. The van der Waals surface area contributed by atoms with E-state index in [4.69, 9.17) is 4.74 Å². The van der Waals surface area contributed by atoms with Gasteiger partial charge in [-0.1, -0.05) is 13.8 Å². The zero-order chi connectivity index (χ0) is 18.9. The van der Waals surface area contributed by atoms with Crippen LogP contribution in [0.2, 0.25) is 0 Å². The molecule has 0 saturated carbocycles. The Bertz CT molecular complexity index is 734. The van der Waals surface area contributed by atoms with Gasteiger partial charge in [0.2, 0.25) is 5.91 Å². The molecule has 0 aliphatic rings. The number of fused-ring (bicyclic) bond motifs is 1. The Morgan fingerprint density at radius 3 is 2.81 bits per heavy atom. The number of carbonyl (C=O) groups is 2. The zero-order valence-electron chi connectivity index (χ0n) is 15.3. The highest BCUT2D eigenvalue weighted by Crippen LogP contribution is 2.22. The van der Waals surface area contributed by atoms with Crippen LogP contribution in [-0.2, 0) is 14.3 Å². The lowest BCUT2D eigenvalue weighted by atomic mass is 10.0. The van der Waals surface area contributed by atoms with Crippen molar-refractivity contribution in [3.63, 3.8) is 0 Å². The zero-order valence-corrected chi connectivity index (χ0v) is 16.1. The molecule has 9 heteroatoms. The van der Waals surface area contributed by atoms with Gasteiger partial charge in [0.1, 0.15) is 22.9 Å². The number of rotatable bonds is 10. The highest BCUT2D eigenvalue weighted by atomic mass is 32.2. The van der Waals surface area contributed by atoms with Crippen LogP contribution in [0.15, 0.2) is 17.7 Å². The Morgan fingerprint density at radius 2 is 2.08 bits per heavy atom. The van der Waals surface area contributed by atoms with Gasteiger partial charge in [-0.15, -0.1) is 11.8 Å². The molecule has 1 atom stereocenters. The van der Waals surface area contributed by atoms with Gasteiger partial charge in [0.05, 0.1) is 12.9 Å². The van der Waals surface area contributed by atoms with Crippen molar-refractivity contribution in [1.82, 2.24) is 25.3 Å². The molecule has 1 amide bonds. The Balaban J connectivity index is 1.71. The molecule has 0 aliphatic carbocycles. The van der Waals surface area contributed by atoms with Gasteiger partial charge >= 0.3 is 5.97 Å². The summed E-state index contributed by atoms with van der Waals surface area (Å²) < 4.78 is 5.01. The molecule has 0 bridgehead atoms. The summed E-state index contributed by atoms with van der Waals surface area (Å²) in [6.07, 6.45) is 5.09. The Morgan fingerprint density at radius 1 is 1.27 bits per heavy atom. The van der Waals surface area contributed by atoms with Crippen molar-refractivity contribution in [1.29, 1.82) is 0 Å². The molecule has 0 saturated heterocycles. The first-order valence-electron chi connectivity index (χ1n) is 8.75. The van der Waals surface area contributed by atoms with Gasteiger partial charge in [0.25, 0.3) is 0 Å². The van der Waals surface area contributed by atoms with E-state index >= 15 is 0 Å². The van der Waals surface area contributed by atoms with Crippen molar-refractivity contribution in [2.24, 2.45) is 5.92 Å². The second kappa shape index (κ2) is 10.1. The fourth-order valence-corrected chi connectivity index (χ4v) is 3.34. The van der Waals surface area contributed by atoms with Gasteiger partial charge in [-0.25, -0.2) is 19.7 Å². The van der Waals surface area contributed by atoms with Crippen LogP contribution in [0.3, 0.4) is 0 Å². The molecule has 0 aliphatic heterocycles. The summed E-state index contributed by atoms with van der Waals surface area (Å²) in [6, 6.07) is -0.591. The second-order valence-corrected chi connectivity index (χ2v) is 7.21. The van der Waals surface area contributed by atoms with Crippen molar-refractivity contribution >= 4 is 34.8 Å². The maximum Gasteiger partial charge on any atom is 0.328 e. The molecule has 2 rings (SSSR count). The normalized spacial score (nSPS) is 12.3. The highest BCUT2D eigenvalue weighted by molar-refractivity contribution is 7.99. The van der Waals surface area contributed by atoms with Gasteiger partial charge < -0.3 is 15.0 Å². The van der Waals surface area contributed by atoms with E-state index in [1.165, 1.54) is 6.33 Å². The maximum atomic E-state index is 12.1. The topological polar surface area (TPSA) is 110 Å². The van der Waals surface area contributed by atoms with Crippen LogP contribution < -0.4 is 5.32 Å². The lowest BCUT2D eigenvalue weighted by Crippen LogP contribution is -2.45. The average Bonchev–Trinajstić information content (AvgIpc) is 3.08. The number of H-pyrrole nitrogens is 1. The fourth-order valence-electron chi connectivity index (χ4n) is 2.38. The van der Waals surface area contributed by atoms with E-state index in [1.807, 2.05) is 13.8 Å². The first kappa shape index (κ1) is 20.2. The minimum absolute atomic E-state index is 0.0110. The summed E-state index contributed by atoms with van der Waals surface area (Å²) in [5, 5.41) is 3.64. The summed E-state index contributed by atoms with van der Waals surface area (Å²) in [5.74, 6) is 0.325. The second-order valence-electron chi connectivity index (χ2n) is 6.13. The van der Waals surface area contributed by atoms with E-state index in [9.17, 15) is 9.59 Å². The maximum absolute atomic E-state index is 12.1. The number of nitrogens with zero attached hydrogens (tertiary/aromatic N) is 3. The van der Waals surface area contributed by atoms with E-state index < -0.39 is 6.04 Å². The largest absolute Gasteiger partial charge is 0.464 e. The minimum atomic E-state index is -0.591. The molecule has 2 heterocycles. The number of thioether (sulfide) groups is 1. The van der Waals surface area contributed by atoms with Gasteiger partial charge in [0, 0.05) is 6.42 Å². The van der Waals surface area contributed by atoms with Crippen molar-refractivity contribution in [2.45, 2.75) is 51.1 Å². The van der Waals surface area contributed by atoms with Crippen LogP contribution >= 0.6 is 11.8 Å². The smallest absolute Gasteiger partial charge is 0.328 e. The number of carbonyl (C=O) groups excluding carboxylic acids is 2. The molecule has 26 heavy (non-hydrogen) atoms. The van der Waals surface area contributed by atoms with E-state index in [2.05, 4.69) is 25.3 Å². The monoisotopic (exact) mass is 379 g/mol. The SMILES string of the molecule is CCOC(=O)[C@H](NC(=O)CCCCSc1ncnc2nc[nH]c12)C(C)C. The van der Waals surface area contributed by atoms with E-state index in [0.29, 0.717) is 18.7 Å². The molecule has 142 valence electrons. The van der Waals surface area contributed by atoms with Gasteiger partial charge in [-0.3, -0.25) is 4.79 Å².